The Kier molecular flexibility index (Phi) is 6.29. The molecule has 0 aromatic carbocycles. The maximum Gasteiger partial charge on any atom is 0.137 e. The molecule has 0 atom stereocenters. The SMILES string of the molecule is COCCOCCNc1ccc(OC)cn1. The highest BCUT2D eigenvalue weighted by atomic mass is 16.5. The van der Waals surface area contributed by atoms with E-state index in [9.17, 15) is 0 Å². The summed E-state index contributed by atoms with van der Waals surface area (Å²) in [5, 5.41) is 3.14. The summed E-state index contributed by atoms with van der Waals surface area (Å²) in [5.41, 5.74) is 0. The number of nitrogens with zero attached hydrogens (tertiary/aromatic N) is 1. The van der Waals surface area contributed by atoms with Crippen molar-refractivity contribution in [2.24, 2.45) is 0 Å². The van der Waals surface area contributed by atoms with Gasteiger partial charge in [-0.25, -0.2) is 4.98 Å². The van der Waals surface area contributed by atoms with Gasteiger partial charge in [0.2, 0.25) is 0 Å². The van der Waals surface area contributed by atoms with E-state index < -0.39 is 0 Å². The van der Waals surface area contributed by atoms with Crippen molar-refractivity contribution in [3.8, 4) is 5.75 Å². The minimum Gasteiger partial charge on any atom is -0.495 e. The van der Waals surface area contributed by atoms with Crippen molar-refractivity contribution in [1.82, 2.24) is 4.98 Å². The molecular weight excluding hydrogens is 208 g/mol. The highest BCUT2D eigenvalue weighted by Gasteiger charge is 1.94. The van der Waals surface area contributed by atoms with Gasteiger partial charge in [-0.05, 0) is 12.1 Å². The fourth-order valence-corrected chi connectivity index (χ4v) is 1.10. The Balaban J connectivity index is 2.12. The summed E-state index contributed by atoms with van der Waals surface area (Å²) in [4.78, 5) is 4.17. The number of hydrogen-bond acceptors (Lipinski definition) is 5. The second kappa shape index (κ2) is 7.90. The number of pyridine rings is 1. The number of methoxy groups -OCH3 is 2. The molecular formula is C11H18N2O3. The van der Waals surface area contributed by atoms with Crippen LogP contribution in [0.4, 0.5) is 5.82 Å². The number of nitrogens with one attached hydrogen (secondary N) is 1. The van der Waals surface area contributed by atoms with Crippen molar-refractivity contribution < 1.29 is 14.2 Å². The lowest BCUT2D eigenvalue weighted by atomic mass is 10.4. The molecule has 0 unspecified atom stereocenters. The van der Waals surface area contributed by atoms with Crippen LogP contribution in [0.3, 0.4) is 0 Å². The van der Waals surface area contributed by atoms with Gasteiger partial charge in [-0.2, -0.15) is 0 Å². The van der Waals surface area contributed by atoms with Gasteiger partial charge in [-0.1, -0.05) is 0 Å². The van der Waals surface area contributed by atoms with E-state index in [-0.39, 0.29) is 0 Å². The van der Waals surface area contributed by atoms with Crippen molar-refractivity contribution in [2.75, 3.05) is 45.9 Å². The maximum atomic E-state index is 5.30. The quantitative estimate of drug-likeness (QED) is 0.674. The first kappa shape index (κ1) is 12.7. The Hall–Kier alpha value is -1.33. The third-order valence-electron chi connectivity index (χ3n) is 1.96. The summed E-state index contributed by atoms with van der Waals surface area (Å²) < 4.78 is 15.2. The van der Waals surface area contributed by atoms with E-state index in [1.807, 2.05) is 12.1 Å². The van der Waals surface area contributed by atoms with Gasteiger partial charge in [-0.3, -0.25) is 0 Å². The summed E-state index contributed by atoms with van der Waals surface area (Å²) in [6, 6.07) is 3.73. The van der Waals surface area contributed by atoms with Crippen LogP contribution in [0.2, 0.25) is 0 Å². The van der Waals surface area contributed by atoms with Crippen molar-refractivity contribution in [1.29, 1.82) is 0 Å². The van der Waals surface area contributed by atoms with Crippen LogP contribution in [0.1, 0.15) is 0 Å². The average Bonchev–Trinajstić information content (AvgIpc) is 2.34. The molecule has 1 rings (SSSR count). The Morgan fingerprint density at radius 3 is 2.69 bits per heavy atom. The zero-order valence-corrected chi connectivity index (χ0v) is 9.73. The molecule has 0 aliphatic rings. The Morgan fingerprint density at radius 1 is 1.19 bits per heavy atom. The molecule has 5 nitrogen and oxygen atoms in total. The lowest BCUT2D eigenvalue weighted by molar-refractivity contribution is 0.0759. The fraction of sp³-hybridized carbons (Fsp3) is 0.545. The highest BCUT2D eigenvalue weighted by molar-refractivity contribution is 5.37. The number of aromatic nitrogens is 1. The minimum atomic E-state index is 0.619. The molecule has 0 spiro atoms. The van der Waals surface area contributed by atoms with Gasteiger partial charge in [0, 0.05) is 13.7 Å². The van der Waals surface area contributed by atoms with Crippen LogP contribution in [0.5, 0.6) is 5.75 Å². The predicted molar refractivity (Wildman–Crippen MR) is 62.0 cm³/mol. The number of rotatable bonds is 8. The van der Waals surface area contributed by atoms with E-state index in [0.29, 0.717) is 19.8 Å². The molecule has 0 amide bonds. The fourth-order valence-electron chi connectivity index (χ4n) is 1.10. The molecule has 0 saturated heterocycles. The smallest absolute Gasteiger partial charge is 0.137 e. The molecule has 1 N–H and O–H groups in total. The Morgan fingerprint density at radius 2 is 2.06 bits per heavy atom. The zero-order valence-electron chi connectivity index (χ0n) is 9.73. The van der Waals surface area contributed by atoms with Crippen LogP contribution < -0.4 is 10.1 Å². The van der Waals surface area contributed by atoms with Crippen LogP contribution in [-0.2, 0) is 9.47 Å². The normalized spacial score (nSPS) is 10.1. The van der Waals surface area contributed by atoms with E-state index in [2.05, 4.69) is 10.3 Å². The minimum absolute atomic E-state index is 0.619. The van der Waals surface area contributed by atoms with Gasteiger partial charge in [0.05, 0.1) is 33.1 Å². The van der Waals surface area contributed by atoms with Gasteiger partial charge in [0.25, 0.3) is 0 Å². The Labute approximate surface area is 95.7 Å². The summed E-state index contributed by atoms with van der Waals surface area (Å²) in [7, 11) is 3.27. The van der Waals surface area contributed by atoms with Gasteiger partial charge in [0.1, 0.15) is 11.6 Å². The van der Waals surface area contributed by atoms with Crippen LogP contribution in [0, 0.1) is 0 Å². The van der Waals surface area contributed by atoms with Crippen molar-refractivity contribution in [3.05, 3.63) is 18.3 Å². The molecule has 90 valence electrons. The van der Waals surface area contributed by atoms with E-state index >= 15 is 0 Å². The molecule has 1 heterocycles. The molecule has 5 heteroatoms. The van der Waals surface area contributed by atoms with Gasteiger partial charge in [0.15, 0.2) is 0 Å². The van der Waals surface area contributed by atoms with E-state index in [1.54, 1.807) is 20.4 Å². The van der Waals surface area contributed by atoms with Crippen LogP contribution >= 0.6 is 0 Å². The third-order valence-corrected chi connectivity index (χ3v) is 1.96. The average molecular weight is 226 g/mol. The second-order valence-electron chi connectivity index (χ2n) is 3.12. The zero-order chi connectivity index (χ0) is 11.6. The Bertz CT molecular complexity index is 277. The lowest BCUT2D eigenvalue weighted by Crippen LogP contribution is -2.12. The second-order valence-corrected chi connectivity index (χ2v) is 3.12. The van der Waals surface area contributed by atoms with Crippen LogP contribution in [0.25, 0.3) is 0 Å². The standard InChI is InChI=1S/C11H18N2O3/c1-14-7-8-16-6-5-12-11-4-3-10(15-2)9-13-11/h3-4,9H,5-8H2,1-2H3,(H,12,13). The number of ether oxygens (including phenoxy) is 3. The topological polar surface area (TPSA) is 52.6 Å². The van der Waals surface area contributed by atoms with Gasteiger partial charge >= 0.3 is 0 Å². The monoisotopic (exact) mass is 226 g/mol. The van der Waals surface area contributed by atoms with Crippen molar-refractivity contribution >= 4 is 5.82 Å². The summed E-state index contributed by atoms with van der Waals surface area (Å²) >= 11 is 0. The van der Waals surface area contributed by atoms with Crippen molar-refractivity contribution in [2.45, 2.75) is 0 Å². The van der Waals surface area contributed by atoms with E-state index in [0.717, 1.165) is 18.1 Å². The summed E-state index contributed by atoms with van der Waals surface area (Å²) in [6.45, 7) is 2.61. The van der Waals surface area contributed by atoms with E-state index in [1.165, 1.54) is 0 Å². The lowest BCUT2D eigenvalue weighted by Gasteiger charge is -2.06. The molecule has 0 fully saturated rings. The van der Waals surface area contributed by atoms with Crippen LogP contribution in [-0.4, -0.2) is 45.6 Å². The van der Waals surface area contributed by atoms with E-state index in [4.69, 9.17) is 14.2 Å². The first-order valence-corrected chi connectivity index (χ1v) is 5.17. The summed E-state index contributed by atoms with van der Waals surface area (Å²) in [6.07, 6.45) is 1.67. The van der Waals surface area contributed by atoms with Crippen molar-refractivity contribution in [3.63, 3.8) is 0 Å². The van der Waals surface area contributed by atoms with Gasteiger partial charge in [-0.15, -0.1) is 0 Å². The molecule has 0 bridgehead atoms. The largest absolute Gasteiger partial charge is 0.495 e. The molecule has 1 aromatic heterocycles. The van der Waals surface area contributed by atoms with Gasteiger partial charge < -0.3 is 19.5 Å². The molecule has 1 aromatic rings. The third kappa shape index (κ3) is 4.95. The number of anilines is 1. The maximum absolute atomic E-state index is 5.30. The molecule has 0 aliphatic heterocycles. The molecule has 16 heavy (non-hydrogen) atoms. The molecule has 0 saturated carbocycles. The summed E-state index contributed by atoms with van der Waals surface area (Å²) in [5.74, 6) is 1.57. The van der Waals surface area contributed by atoms with Crippen LogP contribution in [0.15, 0.2) is 18.3 Å². The first-order valence-electron chi connectivity index (χ1n) is 5.17. The number of hydrogen-bond donors (Lipinski definition) is 1. The molecule has 0 radical (unpaired) electrons. The first-order chi connectivity index (χ1) is 7.86. The predicted octanol–water partition coefficient (Wildman–Crippen LogP) is 1.17. The highest BCUT2D eigenvalue weighted by Crippen LogP contribution is 2.10. The molecule has 0 aliphatic carbocycles.